The van der Waals surface area contributed by atoms with Gasteiger partial charge in [0.2, 0.25) is 5.91 Å². The zero-order chi connectivity index (χ0) is 12.0. The molecule has 4 nitrogen and oxygen atoms in total. The Bertz CT molecular complexity index is 326. The summed E-state index contributed by atoms with van der Waals surface area (Å²) in [5.41, 5.74) is 6.76. The van der Waals surface area contributed by atoms with E-state index in [2.05, 4.69) is 10.3 Å². The molecule has 1 unspecified atom stereocenters. The van der Waals surface area contributed by atoms with Crippen molar-refractivity contribution in [2.24, 2.45) is 5.73 Å². The Morgan fingerprint density at radius 2 is 2.12 bits per heavy atom. The topological polar surface area (TPSA) is 68.0 Å². The second-order valence-electron chi connectivity index (χ2n) is 3.91. The molecule has 16 heavy (non-hydrogen) atoms. The predicted octanol–water partition coefficient (Wildman–Crippen LogP) is 1.39. The third kappa shape index (κ3) is 3.62. The van der Waals surface area contributed by atoms with Gasteiger partial charge >= 0.3 is 0 Å². The molecule has 0 saturated heterocycles. The van der Waals surface area contributed by atoms with Gasteiger partial charge in [0, 0.05) is 12.4 Å². The van der Waals surface area contributed by atoms with E-state index in [1.165, 1.54) is 0 Å². The zero-order valence-electron chi connectivity index (χ0n) is 9.81. The van der Waals surface area contributed by atoms with Crippen molar-refractivity contribution in [3.05, 3.63) is 30.1 Å². The fraction of sp³-hybridized carbons (Fsp3) is 0.500. The summed E-state index contributed by atoms with van der Waals surface area (Å²) in [5.74, 6) is -0.0915. The highest BCUT2D eigenvalue weighted by atomic mass is 16.2. The molecule has 0 aliphatic carbocycles. The normalized spacial score (nSPS) is 14.2. The number of carbonyl (C=O) groups excluding carboxylic acids is 1. The Labute approximate surface area is 96.3 Å². The van der Waals surface area contributed by atoms with Gasteiger partial charge in [-0.1, -0.05) is 13.3 Å². The first-order valence-electron chi connectivity index (χ1n) is 5.61. The number of nitrogens with two attached hydrogens (primary N) is 1. The highest BCUT2D eigenvalue weighted by molar-refractivity contribution is 5.81. The maximum absolute atomic E-state index is 11.7. The largest absolute Gasteiger partial charge is 0.348 e. The molecule has 1 aromatic rings. The monoisotopic (exact) mass is 221 g/mol. The van der Waals surface area contributed by atoms with Gasteiger partial charge < -0.3 is 11.1 Å². The van der Waals surface area contributed by atoms with E-state index in [0.717, 1.165) is 18.4 Å². The standard InChI is InChI=1S/C12H19N3O/c1-3-4-11(13)12(16)15-9(2)10-5-7-14-8-6-10/h5-9,11H,3-4,13H2,1-2H3,(H,15,16)/t9-,11?/m0/s1. The molecule has 1 heterocycles. The molecule has 4 heteroatoms. The van der Waals surface area contributed by atoms with Crippen molar-refractivity contribution in [1.82, 2.24) is 10.3 Å². The Hall–Kier alpha value is -1.42. The summed E-state index contributed by atoms with van der Waals surface area (Å²) in [6.07, 6.45) is 5.06. The van der Waals surface area contributed by atoms with Gasteiger partial charge in [0.1, 0.15) is 0 Å². The summed E-state index contributed by atoms with van der Waals surface area (Å²) in [4.78, 5) is 15.6. The number of amides is 1. The van der Waals surface area contributed by atoms with Crippen LogP contribution in [-0.2, 0) is 4.79 Å². The van der Waals surface area contributed by atoms with Gasteiger partial charge in [-0.15, -0.1) is 0 Å². The molecule has 0 fully saturated rings. The first kappa shape index (κ1) is 12.6. The average molecular weight is 221 g/mol. The summed E-state index contributed by atoms with van der Waals surface area (Å²) >= 11 is 0. The summed E-state index contributed by atoms with van der Waals surface area (Å²) in [6, 6.07) is 3.33. The molecular weight excluding hydrogens is 202 g/mol. The van der Waals surface area contributed by atoms with E-state index in [1.54, 1.807) is 12.4 Å². The van der Waals surface area contributed by atoms with Crippen LogP contribution >= 0.6 is 0 Å². The molecule has 1 aromatic heterocycles. The molecule has 0 bridgehead atoms. The minimum atomic E-state index is -0.408. The number of rotatable bonds is 5. The van der Waals surface area contributed by atoms with Crippen LogP contribution in [0.3, 0.4) is 0 Å². The van der Waals surface area contributed by atoms with Crippen molar-refractivity contribution in [2.45, 2.75) is 38.8 Å². The minimum Gasteiger partial charge on any atom is -0.348 e. The maximum Gasteiger partial charge on any atom is 0.237 e. The van der Waals surface area contributed by atoms with Gasteiger partial charge in [-0.2, -0.15) is 0 Å². The third-order valence-electron chi connectivity index (χ3n) is 2.50. The van der Waals surface area contributed by atoms with Crippen LogP contribution in [0.25, 0.3) is 0 Å². The van der Waals surface area contributed by atoms with Crippen molar-refractivity contribution >= 4 is 5.91 Å². The van der Waals surface area contributed by atoms with Gasteiger partial charge in [0.25, 0.3) is 0 Å². The number of nitrogens with zero attached hydrogens (tertiary/aromatic N) is 1. The van der Waals surface area contributed by atoms with Crippen LogP contribution in [0.5, 0.6) is 0 Å². The summed E-state index contributed by atoms with van der Waals surface area (Å²) in [6.45, 7) is 3.95. The van der Waals surface area contributed by atoms with Crippen LogP contribution in [0.15, 0.2) is 24.5 Å². The molecule has 0 saturated carbocycles. The Balaban J connectivity index is 2.51. The minimum absolute atomic E-state index is 0.0293. The van der Waals surface area contributed by atoms with Crippen LogP contribution < -0.4 is 11.1 Å². The van der Waals surface area contributed by atoms with E-state index in [4.69, 9.17) is 5.73 Å². The molecule has 1 rings (SSSR count). The fourth-order valence-electron chi connectivity index (χ4n) is 1.50. The first-order chi connectivity index (χ1) is 7.65. The predicted molar refractivity (Wildman–Crippen MR) is 63.7 cm³/mol. The van der Waals surface area contributed by atoms with Crippen LogP contribution in [0.2, 0.25) is 0 Å². The first-order valence-corrected chi connectivity index (χ1v) is 5.61. The number of aromatic nitrogens is 1. The maximum atomic E-state index is 11.7. The number of carbonyl (C=O) groups is 1. The van der Waals surface area contributed by atoms with E-state index in [-0.39, 0.29) is 11.9 Å². The number of pyridine rings is 1. The lowest BCUT2D eigenvalue weighted by Gasteiger charge is -2.17. The molecule has 0 aromatic carbocycles. The highest BCUT2D eigenvalue weighted by Crippen LogP contribution is 2.10. The van der Waals surface area contributed by atoms with Crippen molar-refractivity contribution < 1.29 is 4.79 Å². The lowest BCUT2D eigenvalue weighted by Crippen LogP contribution is -2.41. The van der Waals surface area contributed by atoms with E-state index >= 15 is 0 Å². The van der Waals surface area contributed by atoms with Crippen LogP contribution in [0.1, 0.15) is 38.3 Å². The van der Waals surface area contributed by atoms with Crippen molar-refractivity contribution in [3.63, 3.8) is 0 Å². The van der Waals surface area contributed by atoms with Gasteiger partial charge in [-0.3, -0.25) is 9.78 Å². The Morgan fingerprint density at radius 3 is 2.69 bits per heavy atom. The SMILES string of the molecule is CCCC(N)C(=O)N[C@@H](C)c1ccncc1. The van der Waals surface area contributed by atoms with Crippen LogP contribution in [0.4, 0.5) is 0 Å². The van der Waals surface area contributed by atoms with Gasteiger partial charge in [0.15, 0.2) is 0 Å². The molecule has 2 atom stereocenters. The van der Waals surface area contributed by atoms with Crippen LogP contribution in [-0.4, -0.2) is 16.9 Å². The number of hydrogen-bond donors (Lipinski definition) is 2. The fourth-order valence-corrected chi connectivity index (χ4v) is 1.50. The van der Waals surface area contributed by atoms with Gasteiger partial charge in [-0.05, 0) is 31.0 Å². The summed E-state index contributed by atoms with van der Waals surface area (Å²) in [5, 5.41) is 2.89. The Morgan fingerprint density at radius 1 is 1.50 bits per heavy atom. The van der Waals surface area contributed by atoms with E-state index in [1.807, 2.05) is 26.0 Å². The lowest BCUT2D eigenvalue weighted by atomic mass is 10.1. The van der Waals surface area contributed by atoms with Gasteiger partial charge in [0.05, 0.1) is 12.1 Å². The molecule has 0 aliphatic heterocycles. The molecule has 88 valence electrons. The van der Waals surface area contributed by atoms with E-state index in [9.17, 15) is 4.79 Å². The smallest absolute Gasteiger partial charge is 0.237 e. The second-order valence-corrected chi connectivity index (χ2v) is 3.91. The Kier molecular flexibility index (Phi) is 4.92. The quantitative estimate of drug-likeness (QED) is 0.789. The second kappa shape index (κ2) is 6.23. The summed E-state index contributed by atoms with van der Waals surface area (Å²) < 4.78 is 0. The molecule has 1 amide bonds. The molecular formula is C12H19N3O. The van der Waals surface area contributed by atoms with Crippen molar-refractivity contribution in [1.29, 1.82) is 0 Å². The zero-order valence-corrected chi connectivity index (χ0v) is 9.81. The van der Waals surface area contributed by atoms with Crippen molar-refractivity contribution in [2.75, 3.05) is 0 Å². The number of nitrogens with one attached hydrogen (secondary N) is 1. The van der Waals surface area contributed by atoms with E-state index in [0.29, 0.717) is 0 Å². The lowest BCUT2D eigenvalue weighted by molar-refractivity contribution is -0.123. The van der Waals surface area contributed by atoms with E-state index < -0.39 is 6.04 Å². The number of hydrogen-bond acceptors (Lipinski definition) is 3. The third-order valence-corrected chi connectivity index (χ3v) is 2.50. The average Bonchev–Trinajstić information content (AvgIpc) is 2.30. The van der Waals surface area contributed by atoms with Crippen molar-refractivity contribution in [3.8, 4) is 0 Å². The van der Waals surface area contributed by atoms with Gasteiger partial charge in [-0.25, -0.2) is 0 Å². The molecule has 0 spiro atoms. The molecule has 0 aliphatic rings. The highest BCUT2D eigenvalue weighted by Gasteiger charge is 2.15. The summed E-state index contributed by atoms with van der Waals surface area (Å²) in [7, 11) is 0. The van der Waals surface area contributed by atoms with Crippen LogP contribution in [0, 0.1) is 0 Å². The molecule has 0 radical (unpaired) electrons. The molecule has 3 N–H and O–H groups in total.